The first-order valence-corrected chi connectivity index (χ1v) is 7.77. The maximum absolute atomic E-state index is 11.2. The lowest BCUT2D eigenvalue weighted by Gasteiger charge is -2.07. The third-order valence-electron chi connectivity index (χ3n) is 3.50. The molecule has 1 aromatic heterocycles. The highest BCUT2D eigenvalue weighted by molar-refractivity contribution is 7.98. The maximum atomic E-state index is 11.2. The number of aromatic nitrogens is 2. The number of imidazole rings is 1. The van der Waals surface area contributed by atoms with Gasteiger partial charge in [0.1, 0.15) is 0 Å². The molecule has 0 radical (unpaired) electrons. The van der Waals surface area contributed by atoms with Gasteiger partial charge in [0.05, 0.1) is 4.92 Å². The van der Waals surface area contributed by atoms with Crippen LogP contribution in [-0.4, -0.2) is 20.4 Å². The normalized spacial score (nSPS) is 14.0. The number of nitro benzene ring substituents is 1. The second kappa shape index (κ2) is 5.80. The van der Waals surface area contributed by atoms with E-state index in [1.54, 1.807) is 12.3 Å². The summed E-state index contributed by atoms with van der Waals surface area (Å²) in [6.07, 6.45) is 5.98. The summed E-state index contributed by atoms with van der Waals surface area (Å²) in [5, 5.41) is 12.0. The molecule has 3 rings (SSSR count). The van der Waals surface area contributed by atoms with Gasteiger partial charge >= 0.3 is 0 Å². The molecule has 0 atom stereocenters. The highest BCUT2D eigenvalue weighted by Gasteiger charge is 2.26. The van der Waals surface area contributed by atoms with E-state index in [1.807, 2.05) is 6.20 Å². The largest absolute Gasteiger partial charge is 0.366 e. The van der Waals surface area contributed by atoms with E-state index in [4.69, 9.17) is 5.73 Å². The predicted octanol–water partition coefficient (Wildman–Crippen LogP) is 2.52. The predicted molar refractivity (Wildman–Crippen MR) is 81.7 cm³/mol. The van der Waals surface area contributed by atoms with E-state index < -0.39 is 10.8 Å². The Balaban J connectivity index is 1.80. The van der Waals surface area contributed by atoms with Crippen LogP contribution >= 0.6 is 11.8 Å². The quantitative estimate of drug-likeness (QED) is 0.500. The molecule has 1 amide bonds. The van der Waals surface area contributed by atoms with Crippen molar-refractivity contribution in [1.82, 2.24) is 9.55 Å². The van der Waals surface area contributed by atoms with Crippen molar-refractivity contribution in [2.45, 2.75) is 29.8 Å². The molecule has 1 aliphatic rings. The summed E-state index contributed by atoms with van der Waals surface area (Å²) < 4.78 is 2.11. The van der Waals surface area contributed by atoms with Crippen LogP contribution in [0.3, 0.4) is 0 Å². The van der Waals surface area contributed by atoms with Gasteiger partial charge in [-0.3, -0.25) is 14.9 Å². The zero-order chi connectivity index (χ0) is 15.7. The summed E-state index contributed by atoms with van der Waals surface area (Å²) in [6.45, 7) is 0. The molecule has 0 saturated heterocycles. The summed E-state index contributed by atoms with van der Waals surface area (Å²) in [7, 11) is 0. The van der Waals surface area contributed by atoms with Gasteiger partial charge in [0.15, 0.2) is 5.16 Å². The lowest BCUT2D eigenvalue weighted by Crippen LogP contribution is -2.11. The minimum Gasteiger partial charge on any atom is -0.366 e. The summed E-state index contributed by atoms with van der Waals surface area (Å²) in [6, 6.07) is 4.83. The Bertz CT molecular complexity index is 739. The van der Waals surface area contributed by atoms with Crippen molar-refractivity contribution in [2.24, 2.45) is 5.73 Å². The Labute approximate surface area is 130 Å². The SMILES string of the molecule is NC(=O)c1ccc(CSc2nccn2C2CC2)c([N+](=O)[O-])c1. The first kappa shape index (κ1) is 14.6. The highest BCUT2D eigenvalue weighted by atomic mass is 32.2. The summed E-state index contributed by atoms with van der Waals surface area (Å²) >= 11 is 1.45. The molecule has 2 aromatic rings. The number of rotatable bonds is 6. The number of hydrogen-bond donors (Lipinski definition) is 1. The van der Waals surface area contributed by atoms with Crippen molar-refractivity contribution in [3.8, 4) is 0 Å². The number of thioether (sulfide) groups is 1. The van der Waals surface area contributed by atoms with Gasteiger partial charge in [0.25, 0.3) is 5.69 Å². The Morgan fingerprint density at radius 2 is 2.27 bits per heavy atom. The minimum atomic E-state index is -0.674. The van der Waals surface area contributed by atoms with Crippen molar-refractivity contribution in [3.05, 3.63) is 51.8 Å². The molecule has 1 heterocycles. The molecule has 7 nitrogen and oxygen atoms in total. The van der Waals surface area contributed by atoms with Crippen molar-refractivity contribution in [3.63, 3.8) is 0 Å². The zero-order valence-corrected chi connectivity index (χ0v) is 12.5. The van der Waals surface area contributed by atoms with Gasteiger partial charge in [-0.1, -0.05) is 17.8 Å². The number of nitrogens with two attached hydrogens (primary N) is 1. The second-order valence-corrected chi connectivity index (χ2v) is 6.04. The van der Waals surface area contributed by atoms with E-state index in [0.29, 0.717) is 17.4 Å². The van der Waals surface area contributed by atoms with Gasteiger partial charge in [-0.05, 0) is 18.9 Å². The van der Waals surface area contributed by atoms with Crippen LogP contribution in [0.25, 0.3) is 0 Å². The molecule has 0 spiro atoms. The number of nitro groups is 1. The van der Waals surface area contributed by atoms with Gasteiger partial charge in [-0.2, -0.15) is 0 Å². The molecule has 1 aromatic carbocycles. The van der Waals surface area contributed by atoms with E-state index >= 15 is 0 Å². The van der Waals surface area contributed by atoms with Crippen LogP contribution in [0.15, 0.2) is 35.7 Å². The summed E-state index contributed by atoms with van der Waals surface area (Å²) in [5.41, 5.74) is 5.76. The van der Waals surface area contributed by atoms with Crippen LogP contribution in [0, 0.1) is 10.1 Å². The number of carbonyl (C=O) groups excluding carboxylic acids is 1. The van der Waals surface area contributed by atoms with E-state index in [1.165, 1.54) is 23.9 Å². The molecule has 1 saturated carbocycles. The Kier molecular flexibility index (Phi) is 3.84. The molecule has 0 bridgehead atoms. The second-order valence-electron chi connectivity index (χ2n) is 5.10. The topological polar surface area (TPSA) is 104 Å². The maximum Gasteiger partial charge on any atom is 0.274 e. The molecular formula is C14H14N4O3S. The van der Waals surface area contributed by atoms with Crippen molar-refractivity contribution >= 4 is 23.4 Å². The molecule has 114 valence electrons. The monoisotopic (exact) mass is 318 g/mol. The van der Waals surface area contributed by atoms with Gasteiger partial charge < -0.3 is 10.3 Å². The van der Waals surface area contributed by atoms with Crippen molar-refractivity contribution in [1.29, 1.82) is 0 Å². The number of amides is 1. The molecule has 2 N–H and O–H groups in total. The smallest absolute Gasteiger partial charge is 0.274 e. The van der Waals surface area contributed by atoms with E-state index in [0.717, 1.165) is 18.0 Å². The van der Waals surface area contributed by atoms with Gasteiger partial charge in [0, 0.05) is 41.4 Å². The van der Waals surface area contributed by atoms with E-state index in [9.17, 15) is 14.9 Å². The van der Waals surface area contributed by atoms with Crippen LogP contribution in [0.1, 0.15) is 34.8 Å². The average molecular weight is 318 g/mol. The minimum absolute atomic E-state index is 0.0895. The molecule has 8 heteroatoms. The summed E-state index contributed by atoms with van der Waals surface area (Å²) in [4.78, 5) is 26.1. The van der Waals surface area contributed by atoms with Crippen LogP contribution in [0.2, 0.25) is 0 Å². The lowest BCUT2D eigenvalue weighted by atomic mass is 10.1. The fourth-order valence-corrected chi connectivity index (χ4v) is 3.22. The highest BCUT2D eigenvalue weighted by Crippen LogP contribution is 2.38. The standard InChI is InChI=1S/C14H14N4O3S/c15-13(19)9-1-2-10(12(7-9)18(20)21)8-22-14-16-5-6-17(14)11-3-4-11/h1-2,5-7,11H,3-4,8H2,(H2,15,19). The number of carbonyl (C=O) groups is 1. The lowest BCUT2D eigenvalue weighted by molar-refractivity contribution is -0.385. The fourth-order valence-electron chi connectivity index (χ4n) is 2.19. The Morgan fingerprint density at radius 3 is 2.91 bits per heavy atom. The number of benzene rings is 1. The van der Waals surface area contributed by atoms with Crippen LogP contribution < -0.4 is 5.73 Å². The third kappa shape index (κ3) is 2.96. The van der Waals surface area contributed by atoms with Gasteiger partial charge in [-0.25, -0.2) is 4.98 Å². The van der Waals surface area contributed by atoms with E-state index in [-0.39, 0.29) is 11.3 Å². The van der Waals surface area contributed by atoms with E-state index in [2.05, 4.69) is 9.55 Å². The van der Waals surface area contributed by atoms with Crippen LogP contribution in [0.4, 0.5) is 5.69 Å². The Hall–Kier alpha value is -2.35. The third-order valence-corrected chi connectivity index (χ3v) is 4.53. The van der Waals surface area contributed by atoms with Crippen LogP contribution in [-0.2, 0) is 5.75 Å². The molecular weight excluding hydrogens is 304 g/mol. The zero-order valence-electron chi connectivity index (χ0n) is 11.6. The number of primary amides is 1. The van der Waals surface area contributed by atoms with Crippen LogP contribution in [0.5, 0.6) is 0 Å². The molecule has 1 fully saturated rings. The molecule has 22 heavy (non-hydrogen) atoms. The Morgan fingerprint density at radius 1 is 1.50 bits per heavy atom. The molecule has 0 aliphatic heterocycles. The first-order chi connectivity index (χ1) is 10.6. The molecule has 1 aliphatic carbocycles. The van der Waals surface area contributed by atoms with Gasteiger partial charge in [0.2, 0.25) is 5.91 Å². The fraction of sp³-hybridized carbons (Fsp3) is 0.286. The molecule has 0 unspecified atom stereocenters. The van der Waals surface area contributed by atoms with Crippen molar-refractivity contribution in [2.75, 3.05) is 0 Å². The number of nitrogens with zero attached hydrogens (tertiary/aromatic N) is 3. The number of hydrogen-bond acceptors (Lipinski definition) is 5. The summed E-state index contributed by atoms with van der Waals surface area (Å²) in [5.74, 6) is -0.259. The van der Waals surface area contributed by atoms with Crippen molar-refractivity contribution < 1.29 is 9.72 Å². The first-order valence-electron chi connectivity index (χ1n) is 6.79. The average Bonchev–Trinajstić information content (AvgIpc) is 3.23. The van der Waals surface area contributed by atoms with Gasteiger partial charge in [-0.15, -0.1) is 0 Å².